The Bertz CT molecular complexity index is 1050. The van der Waals surface area contributed by atoms with Crippen LogP contribution in [0.25, 0.3) is 10.9 Å². The number of aromatic amines is 1. The minimum absolute atomic E-state index is 0.131. The van der Waals surface area contributed by atoms with Crippen molar-refractivity contribution in [3.05, 3.63) is 101 Å². The van der Waals surface area contributed by atoms with Gasteiger partial charge in [-0.05, 0) is 60.4 Å². The zero-order valence-electron chi connectivity index (χ0n) is 15.4. The van der Waals surface area contributed by atoms with Crippen LogP contribution in [0.4, 0.5) is 0 Å². The van der Waals surface area contributed by atoms with E-state index in [0.29, 0.717) is 5.69 Å². The normalized spacial score (nSPS) is 12.1. The standard InChI is InChI=1S/C23H21N3O/c1-15-12-16(2)19-14-21(25-20(19)13-15)23(27)26-22(17-6-4-3-5-7-17)18-8-10-24-11-9-18/h3-14,22,25H,1-2H3,(H,26,27). The van der Waals surface area contributed by atoms with Gasteiger partial charge < -0.3 is 10.3 Å². The maximum Gasteiger partial charge on any atom is 0.268 e. The van der Waals surface area contributed by atoms with E-state index < -0.39 is 0 Å². The number of hydrogen-bond acceptors (Lipinski definition) is 2. The zero-order valence-corrected chi connectivity index (χ0v) is 15.4. The largest absolute Gasteiger partial charge is 0.351 e. The van der Waals surface area contributed by atoms with Gasteiger partial charge in [0.15, 0.2) is 0 Å². The first-order valence-electron chi connectivity index (χ1n) is 8.97. The van der Waals surface area contributed by atoms with Crippen LogP contribution in [-0.2, 0) is 0 Å². The van der Waals surface area contributed by atoms with Crippen LogP contribution in [0, 0.1) is 13.8 Å². The van der Waals surface area contributed by atoms with E-state index in [4.69, 9.17) is 0 Å². The highest BCUT2D eigenvalue weighted by molar-refractivity contribution is 5.99. The third-order valence-electron chi connectivity index (χ3n) is 4.78. The van der Waals surface area contributed by atoms with Gasteiger partial charge >= 0.3 is 0 Å². The molecule has 0 aliphatic heterocycles. The van der Waals surface area contributed by atoms with Gasteiger partial charge in [-0.1, -0.05) is 36.4 Å². The molecule has 4 rings (SSSR count). The lowest BCUT2D eigenvalue weighted by atomic mass is 9.99. The lowest BCUT2D eigenvalue weighted by molar-refractivity contribution is 0.0939. The summed E-state index contributed by atoms with van der Waals surface area (Å²) in [5, 5.41) is 4.24. The van der Waals surface area contributed by atoms with Crippen LogP contribution < -0.4 is 5.32 Å². The van der Waals surface area contributed by atoms with Gasteiger partial charge in [-0.3, -0.25) is 9.78 Å². The van der Waals surface area contributed by atoms with Gasteiger partial charge in [-0.25, -0.2) is 0 Å². The molecule has 0 aliphatic rings. The van der Waals surface area contributed by atoms with E-state index in [9.17, 15) is 4.79 Å². The first-order valence-corrected chi connectivity index (χ1v) is 8.97. The number of H-pyrrole nitrogens is 1. The molecule has 2 aromatic heterocycles. The Hall–Kier alpha value is -3.40. The molecule has 2 aromatic carbocycles. The summed E-state index contributed by atoms with van der Waals surface area (Å²) in [5.41, 5.74) is 5.90. The lowest BCUT2D eigenvalue weighted by Gasteiger charge is -2.19. The molecular weight excluding hydrogens is 334 g/mol. The van der Waals surface area contributed by atoms with Crippen LogP contribution in [0.15, 0.2) is 73.1 Å². The van der Waals surface area contributed by atoms with E-state index in [1.165, 1.54) is 5.56 Å². The van der Waals surface area contributed by atoms with Crippen molar-refractivity contribution in [1.82, 2.24) is 15.3 Å². The number of pyridine rings is 1. The van der Waals surface area contributed by atoms with Gasteiger partial charge in [0.05, 0.1) is 6.04 Å². The minimum atomic E-state index is -0.240. The van der Waals surface area contributed by atoms with E-state index in [0.717, 1.165) is 27.6 Å². The summed E-state index contributed by atoms with van der Waals surface area (Å²) in [6.07, 6.45) is 3.49. The molecule has 4 aromatic rings. The zero-order chi connectivity index (χ0) is 18.8. The molecule has 1 atom stereocenters. The molecule has 4 nitrogen and oxygen atoms in total. The second-order valence-corrected chi connectivity index (χ2v) is 6.82. The smallest absolute Gasteiger partial charge is 0.268 e. The van der Waals surface area contributed by atoms with Crippen LogP contribution in [0.1, 0.15) is 38.8 Å². The quantitative estimate of drug-likeness (QED) is 0.557. The van der Waals surface area contributed by atoms with Crippen LogP contribution >= 0.6 is 0 Å². The first kappa shape index (κ1) is 17.0. The number of rotatable bonds is 4. The summed E-state index contributed by atoms with van der Waals surface area (Å²) in [5.74, 6) is -0.131. The molecule has 2 heterocycles. The van der Waals surface area contributed by atoms with Crippen molar-refractivity contribution in [3.8, 4) is 0 Å². The minimum Gasteiger partial charge on any atom is -0.351 e. The molecule has 0 spiro atoms. The van der Waals surface area contributed by atoms with Crippen LogP contribution in [-0.4, -0.2) is 15.9 Å². The Morgan fingerprint density at radius 3 is 2.41 bits per heavy atom. The van der Waals surface area contributed by atoms with Gasteiger partial charge in [0, 0.05) is 23.3 Å². The van der Waals surface area contributed by atoms with E-state index in [2.05, 4.69) is 41.3 Å². The highest BCUT2D eigenvalue weighted by Crippen LogP contribution is 2.24. The predicted molar refractivity (Wildman–Crippen MR) is 108 cm³/mol. The van der Waals surface area contributed by atoms with Gasteiger partial charge in [0.2, 0.25) is 0 Å². The molecule has 0 bridgehead atoms. The topological polar surface area (TPSA) is 57.8 Å². The Morgan fingerprint density at radius 1 is 0.963 bits per heavy atom. The number of hydrogen-bond donors (Lipinski definition) is 2. The number of amides is 1. The average Bonchev–Trinajstić information content (AvgIpc) is 3.12. The summed E-state index contributed by atoms with van der Waals surface area (Å²) in [7, 11) is 0. The van der Waals surface area contributed by atoms with Crippen molar-refractivity contribution in [2.24, 2.45) is 0 Å². The molecule has 0 saturated heterocycles. The van der Waals surface area contributed by atoms with Crippen molar-refractivity contribution in [1.29, 1.82) is 0 Å². The number of fused-ring (bicyclic) bond motifs is 1. The number of nitrogens with one attached hydrogen (secondary N) is 2. The molecule has 0 aliphatic carbocycles. The summed E-state index contributed by atoms with van der Waals surface area (Å²) in [6, 6.07) is 19.7. The van der Waals surface area contributed by atoms with Crippen molar-refractivity contribution >= 4 is 16.8 Å². The summed E-state index contributed by atoms with van der Waals surface area (Å²) in [6.45, 7) is 4.12. The number of carbonyl (C=O) groups is 1. The fourth-order valence-corrected chi connectivity index (χ4v) is 3.49. The van der Waals surface area contributed by atoms with Crippen molar-refractivity contribution in [3.63, 3.8) is 0 Å². The fourth-order valence-electron chi connectivity index (χ4n) is 3.49. The Balaban J connectivity index is 1.69. The molecule has 0 radical (unpaired) electrons. The second kappa shape index (κ2) is 7.08. The van der Waals surface area contributed by atoms with Crippen LogP contribution in [0.5, 0.6) is 0 Å². The maximum atomic E-state index is 13.0. The van der Waals surface area contributed by atoms with Crippen LogP contribution in [0.3, 0.4) is 0 Å². The number of benzene rings is 2. The number of nitrogens with zero attached hydrogens (tertiary/aromatic N) is 1. The molecule has 1 amide bonds. The van der Waals surface area contributed by atoms with Crippen molar-refractivity contribution in [2.75, 3.05) is 0 Å². The number of aromatic nitrogens is 2. The first-order chi connectivity index (χ1) is 13.1. The average molecular weight is 355 g/mol. The highest BCUT2D eigenvalue weighted by atomic mass is 16.1. The predicted octanol–water partition coefficient (Wildman–Crippen LogP) is 4.70. The number of carbonyl (C=O) groups excluding carboxylic acids is 1. The Morgan fingerprint density at radius 2 is 1.67 bits per heavy atom. The van der Waals surface area contributed by atoms with Crippen molar-refractivity contribution < 1.29 is 4.79 Å². The van der Waals surface area contributed by atoms with E-state index in [1.807, 2.05) is 48.5 Å². The molecule has 2 N–H and O–H groups in total. The molecule has 27 heavy (non-hydrogen) atoms. The number of aryl methyl sites for hydroxylation is 2. The molecule has 0 fully saturated rings. The highest BCUT2D eigenvalue weighted by Gasteiger charge is 2.19. The monoisotopic (exact) mass is 355 g/mol. The van der Waals surface area contributed by atoms with Gasteiger partial charge in [0.1, 0.15) is 5.69 Å². The molecule has 0 saturated carbocycles. The van der Waals surface area contributed by atoms with E-state index >= 15 is 0 Å². The summed E-state index contributed by atoms with van der Waals surface area (Å²) < 4.78 is 0. The van der Waals surface area contributed by atoms with Gasteiger partial charge in [-0.2, -0.15) is 0 Å². The summed E-state index contributed by atoms with van der Waals surface area (Å²) in [4.78, 5) is 20.4. The lowest BCUT2D eigenvalue weighted by Crippen LogP contribution is -2.29. The van der Waals surface area contributed by atoms with Gasteiger partial charge in [-0.15, -0.1) is 0 Å². The van der Waals surface area contributed by atoms with Gasteiger partial charge in [0.25, 0.3) is 5.91 Å². The molecule has 134 valence electrons. The second-order valence-electron chi connectivity index (χ2n) is 6.82. The Labute approximate surface area is 158 Å². The Kier molecular flexibility index (Phi) is 4.47. The summed E-state index contributed by atoms with van der Waals surface area (Å²) >= 11 is 0. The molecule has 4 heteroatoms. The molecular formula is C23H21N3O. The third-order valence-corrected chi connectivity index (χ3v) is 4.78. The SMILES string of the molecule is Cc1cc(C)c2cc(C(=O)NC(c3ccccc3)c3ccncc3)[nH]c2c1. The van der Waals surface area contributed by atoms with E-state index in [1.54, 1.807) is 12.4 Å². The molecule has 1 unspecified atom stereocenters. The third kappa shape index (κ3) is 3.47. The van der Waals surface area contributed by atoms with E-state index in [-0.39, 0.29) is 11.9 Å². The maximum absolute atomic E-state index is 13.0. The fraction of sp³-hybridized carbons (Fsp3) is 0.130. The van der Waals surface area contributed by atoms with Crippen LogP contribution in [0.2, 0.25) is 0 Å². The van der Waals surface area contributed by atoms with Crippen molar-refractivity contribution in [2.45, 2.75) is 19.9 Å².